The van der Waals surface area contributed by atoms with Crippen molar-refractivity contribution < 1.29 is 4.79 Å². The third-order valence-electron chi connectivity index (χ3n) is 1.69. The van der Waals surface area contributed by atoms with E-state index in [1.165, 1.54) is 6.08 Å². The minimum Gasteiger partial charge on any atom is -0.295 e. The third kappa shape index (κ3) is 2.57. The van der Waals surface area contributed by atoms with Crippen LogP contribution in [0.1, 0.15) is 11.1 Å². The Morgan fingerprint density at radius 3 is 2.54 bits per heavy atom. The highest BCUT2D eigenvalue weighted by Gasteiger charge is 1.98. The smallest absolute Gasteiger partial charge is 0.159 e. The van der Waals surface area contributed by atoms with Gasteiger partial charge in [0, 0.05) is 6.42 Å². The molecule has 0 fully saturated rings. The molecule has 0 radical (unpaired) electrons. The first kappa shape index (κ1) is 9.21. The van der Waals surface area contributed by atoms with Crippen molar-refractivity contribution in [2.75, 3.05) is 0 Å². The Hall–Kier alpha value is -1.88. The first-order valence-electron chi connectivity index (χ1n) is 3.90. The fourth-order valence-corrected chi connectivity index (χ4v) is 0.970. The Morgan fingerprint density at radius 2 is 2.08 bits per heavy atom. The lowest BCUT2D eigenvalue weighted by Gasteiger charge is -1.96. The highest BCUT2D eigenvalue weighted by molar-refractivity contribution is 5.90. The van der Waals surface area contributed by atoms with Crippen LogP contribution >= 0.6 is 0 Å². The number of nitrogens with zero attached hydrogens (tertiary/aromatic N) is 1. The van der Waals surface area contributed by atoms with E-state index in [1.807, 2.05) is 6.07 Å². The van der Waals surface area contributed by atoms with Gasteiger partial charge in [0.15, 0.2) is 5.78 Å². The minimum atomic E-state index is -0.00953. The number of benzene rings is 1. The van der Waals surface area contributed by atoms with Gasteiger partial charge in [-0.2, -0.15) is 5.26 Å². The molecule has 0 aromatic heterocycles. The first-order chi connectivity index (χ1) is 6.26. The van der Waals surface area contributed by atoms with Crippen LogP contribution in [0.4, 0.5) is 0 Å². The largest absolute Gasteiger partial charge is 0.295 e. The predicted octanol–water partition coefficient (Wildman–Crippen LogP) is 1.86. The monoisotopic (exact) mass is 171 g/mol. The Bertz CT molecular complexity index is 357. The lowest BCUT2D eigenvalue weighted by Crippen LogP contribution is -1.97. The molecule has 2 heteroatoms. The van der Waals surface area contributed by atoms with Gasteiger partial charge in [0.25, 0.3) is 0 Å². The van der Waals surface area contributed by atoms with E-state index in [-0.39, 0.29) is 5.78 Å². The van der Waals surface area contributed by atoms with Crippen molar-refractivity contribution in [2.24, 2.45) is 0 Å². The van der Waals surface area contributed by atoms with Crippen molar-refractivity contribution in [3.8, 4) is 6.07 Å². The van der Waals surface area contributed by atoms with Crippen LogP contribution in [0.3, 0.4) is 0 Å². The molecule has 0 unspecified atom stereocenters. The van der Waals surface area contributed by atoms with Gasteiger partial charge in [-0.15, -0.1) is 0 Å². The standard InChI is InChI=1S/C11H9NO/c1-2-11(13)7-9-3-5-10(8-12)6-4-9/h2-6H,1,7H2. The van der Waals surface area contributed by atoms with E-state index < -0.39 is 0 Å². The molecule has 0 atom stereocenters. The maximum absolute atomic E-state index is 11.0. The molecule has 64 valence electrons. The summed E-state index contributed by atoms with van der Waals surface area (Å²) in [7, 11) is 0. The molecule has 0 bridgehead atoms. The average molecular weight is 171 g/mol. The second-order valence-corrected chi connectivity index (χ2v) is 2.66. The number of ketones is 1. The fraction of sp³-hybridized carbons (Fsp3) is 0.0909. The molecule has 13 heavy (non-hydrogen) atoms. The molecule has 0 amide bonds. The maximum Gasteiger partial charge on any atom is 0.159 e. The van der Waals surface area contributed by atoms with Crippen LogP contribution in [0.15, 0.2) is 36.9 Å². The highest BCUT2D eigenvalue weighted by atomic mass is 16.1. The number of nitriles is 1. The van der Waals surface area contributed by atoms with Crippen molar-refractivity contribution in [2.45, 2.75) is 6.42 Å². The summed E-state index contributed by atoms with van der Waals surface area (Å²) >= 11 is 0. The van der Waals surface area contributed by atoms with E-state index in [4.69, 9.17) is 5.26 Å². The quantitative estimate of drug-likeness (QED) is 0.651. The molecule has 0 aliphatic rings. The lowest BCUT2D eigenvalue weighted by molar-refractivity contribution is -0.114. The van der Waals surface area contributed by atoms with Crippen LogP contribution in [0.5, 0.6) is 0 Å². The average Bonchev–Trinajstić information content (AvgIpc) is 2.19. The number of hydrogen-bond donors (Lipinski definition) is 0. The van der Waals surface area contributed by atoms with Gasteiger partial charge in [0.05, 0.1) is 11.6 Å². The van der Waals surface area contributed by atoms with Crippen molar-refractivity contribution in [3.63, 3.8) is 0 Å². The Labute approximate surface area is 77.1 Å². The normalized spacial score (nSPS) is 8.85. The van der Waals surface area contributed by atoms with Gasteiger partial charge in [0.2, 0.25) is 0 Å². The number of allylic oxidation sites excluding steroid dienone is 1. The van der Waals surface area contributed by atoms with Crippen molar-refractivity contribution in [1.82, 2.24) is 0 Å². The topological polar surface area (TPSA) is 40.9 Å². The van der Waals surface area contributed by atoms with E-state index in [9.17, 15) is 4.79 Å². The molecule has 0 aliphatic heterocycles. The Kier molecular flexibility index (Phi) is 2.99. The van der Waals surface area contributed by atoms with Crippen LogP contribution < -0.4 is 0 Å². The molecule has 0 saturated carbocycles. The molecule has 0 heterocycles. The molecule has 1 aromatic carbocycles. The van der Waals surface area contributed by atoms with Crippen molar-refractivity contribution in [3.05, 3.63) is 48.0 Å². The number of hydrogen-bond acceptors (Lipinski definition) is 2. The van der Waals surface area contributed by atoms with E-state index in [0.29, 0.717) is 12.0 Å². The number of carbonyl (C=O) groups excluding carboxylic acids is 1. The van der Waals surface area contributed by atoms with Gasteiger partial charge in [-0.25, -0.2) is 0 Å². The van der Waals surface area contributed by atoms with E-state index >= 15 is 0 Å². The molecular formula is C11H9NO. The lowest BCUT2D eigenvalue weighted by atomic mass is 10.1. The zero-order valence-electron chi connectivity index (χ0n) is 7.16. The molecule has 2 nitrogen and oxygen atoms in total. The zero-order valence-corrected chi connectivity index (χ0v) is 7.16. The van der Waals surface area contributed by atoms with Gasteiger partial charge >= 0.3 is 0 Å². The summed E-state index contributed by atoms with van der Waals surface area (Å²) in [6.07, 6.45) is 1.66. The Balaban J connectivity index is 2.76. The van der Waals surface area contributed by atoms with Crippen LogP contribution in [0.25, 0.3) is 0 Å². The van der Waals surface area contributed by atoms with Gasteiger partial charge in [-0.3, -0.25) is 4.79 Å². The summed E-state index contributed by atoms with van der Waals surface area (Å²) < 4.78 is 0. The summed E-state index contributed by atoms with van der Waals surface area (Å²) in [5.41, 5.74) is 1.51. The zero-order chi connectivity index (χ0) is 9.68. The molecule has 1 rings (SSSR count). The number of carbonyl (C=O) groups is 1. The van der Waals surface area contributed by atoms with E-state index in [0.717, 1.165) is 5.56 Å². The minimum absolute atomic E-state index is 0.00953. The van der Waals surface area contributed by atoms with Crippen molar-refractivity contribution in [1.29, 1.82) is 5.26 Å². The van der Waals surface area contributed by atoms with Gasteiger partial charge < -0.3 is 0 Å². The molecule has 0 N–H and O–H groups in total. The summed E-state index contributed by atoms with van der Waals surface area (Å²) in [6.45, 7) is 3.39. The first-order valence-corrected chi connectivity index (χ1v) is 3.90. The van der Waals surface area contributed by atoms with Gasteiger partial charge in [-0.05, 0) is 23.8 Å². The predicted molar refractivity (Wildman–Crippen MR) is 50.1 cm³/mol. The van der Waals surface area contributed by atoms with Crippen LogP contribution in [-0.4, -0.2) is 5.78 Å². The second kappa shape index (κ2) is 4.22. The fourth-order valence-electron chi connectivity index (χ4n) is 0.970. The summed E-state index contributed by atoms with van der Waals surface area (Å²) in [4.78, 5) is 11.0. The van der Waals surface area contributed by atoms with Crippen LogP contribution in [0, 0.1) is 11.3 Å². The highest BCUT2D eigenvalue weighted by Crippen LogP contribution is 2.04. The number of rotatable bonds is 3. The summed E-state index contributed by atoms with van der Waals surface area (Å²) in [5, 5.41) is 8.52. The van der Waals surface area contributed by atoms with Gasteiger partial charge in [-0.1, -0.05) is 18.7 Å². The van der Waals surface area contributed by atoms with E-state index in [2.05, 4.69) is 6.58 Å². The maximum atomic E-state index is 11.0. The van der Waals surface area contributed by atoms with Crippen molar-refractivity contribution >= 4 is 5.78 Å². The SMILES string of the molecule is C=CC(=O)Cc1ccc(C#N)cc1. The van der Waals surface area contributed by atoms with Crippen LogP contribution in [-0.2, 0) is 11.2 Å². The van der Waals surface area contributed by atoms with Crippen LogP contribution in [0.2, 0.25) is 0 Å². The third-order valence-corrected chi connectivity index (χ3v) is 1.69. The molecule has 1 aromatic rings. The van der Waals surface area contributed by atoms with Gasteiger partial charge in [0.1, 0.15) is 0 Å². The molecule has 0 saturated heterocycles. The molecule has 0 aliphatic carbocycles. The Morgan fingerprint density at radius 1 is 1.46 bits per heavy atom. The summed E-state index contributed by atoms with van der Waals surface area (Å²) in [5.74, 6) is -0.00953. The summed E-state index contributed by atoms with van der Waals surface area (Å²) in [6, 6.07) is 8.97. The molecule has 0 spiro atoms. The van der Waals surface area contributed by atoms with E-state index in [1.54, 1.807) is 24.3 Å². The second-order valence-electron chi connectivity index (χ2n) is 2.66. The molecular weight excluding hydrogens is 162 g/mol.